The molecular formula is C10H17NO2S. The van der Waals surface area contributed by atoms with Gasteiger partial charge in [-0.05, 0) is 26.5 Å². The molecule has 0 bridgehead atoms. The van der Waals surface area contributed by atoms with Gasteiger partial charge in [0.25, 0.3) is 0 Å². The van der Waals surface area contributed by atoms with E-state index in [1.54, 1.807) is 6.92 Å². The van der Waals surface area contributed by atoms with Crippen molar-refractivity contribution in [2.24, 2.45) is 5.92 Å². The van der Waals surface area contributed by atoms with Crippen LogP contribution in [0.1, 0.15) is 20.3 Å². The Balaban J connectivity index is 2.12. The van der Waals surface area contributed by atoms with Gasteiger partial charge in [0, 0.05) is 17.3 Å². The van der Waals surface area contributed by atoms with Gasteiger partial charge >= 0.3 is 0 Å². The van der Waals surface area contributed by atoms with Crippen LogP contribution in [0.4, 0.5) is 0 Å². The molecule has 1 amide bonds. The van der Waals surface area contributed by atoms with Gasteiger partial charge in [-0.1, -0.05) is 0 Å². The molecule has 1 N–H and O–H groups in total. The first kappa shape index (κ1) is 10.3. The molecule has 4 heteroatoms. The highest BCUT2D eigenvalue weighted by Gasteiger charge is 2.57. The van der Waals surface area contributed by atoms with Crippen LogP contribution >= 0.6 is 11.8 Å². The van der Waals surface area contributed by atoms with Crippen LogP contribution in [0.25, 0.3) is 0 Å². The van der Waals surface area contributed by atoms with Crippen molar-refractivity contribution in [1.29, 1.82) is 0 Å². The van der Waals surface area contributed by atoms with Gasteiger partial charge in [0.1, 0.15) is 0 Å². The number of thioether (sulfide) groups is 1. The molecule has 80 valence electrons. The molecule has 0 radical (unpaired) electrons. The van der Waals surface area contributed by atoms with Crippen LogP contribution in [-0.2, 0) is 4.79 Å². The first-order chi connectivity index (χ1) is 6.57. The summed E-state index contributed by atoms with van der Waals surface area (Å²) in [6.45, 7) is 3.83. The molecule has 2 rings (SSSR count). The lowest BCUT2D eigenvalue weighted by Gasteiger charge is -2.46. The molecule has 4 unspecified atom stereocenters. The first-order valence-corrected chi connectivity index (χ1v) is 6.39. The molecule has 2 aliphatic rings. The van der Waals surface area contributed by atoms with Gasteiger partial charge in [-0.15, -0.1) is 0 Å². The Morgan fingerprint density at radius 3 is 2.79 bits per heavy atom. The maximum atomic E-state index is 11.7. The van der Waals surface area contributed by atoms with E-state index in [-0.39, 0.29) is 11.8 Å². The number of nitrogens with zero attached hydrogens (tertiary/aromatic N) is 1. The van der Waals surface area contributed by atoms with Crippen molar-refractivity contribution < 1.29 is 9.90 Å². The summed E-state index contributed by atoms with van der Waals surface area (Å²) in [5.74, 6) is 0.0173. The van der Waals surface area contributed by atoms with Gasteiger partial charge in [-0.2, -0.15) is 11.8 Å². The number of hydrogen-bond donors (Lipinski definition) is 1. The highest BCUT2D eigenvalue weighted by molar-refractivity contribution is 7.99. The van der Waals surface area contributed by atoms with Gasteiger partial charge in [0.15, 0.2) is 0 Å². The number of amides is 1. The molecule has 0 aromatic rings. The standard InChI is InChI=1S/C10H17NO2S/c1-5-8(14-3)4-7-9(6(2)12)10(13)11(5)7/h5-9,12H,4H2,1-3H3/t5?,6-,7?,8?,9?/m1/s1. The second-order valence-electron chi connectivity index (χ2n) is 4.33. The van der Waals surface area contributed by atoms with Gasteiger partial charge < -0.3 is 10.0 Å². The largest absolute Gasteiger partial charge is 0.393 e. The SMILES string of the molecule is CSC1CC2C([C@@H](C)O)C(=O)N2C1C. The number of rotatable bonds is 2. The smallest absolute Gasteiger partial charge is 0.230 e. The average molecular weight is 215 g/mol. The van der Waals surface area contributed by atoms with Crippen LogP contribution in [0.3, 0.4) is 0 Å². The summed E-state index contributed by atoms with van der Waals surface area (Å²) in [4.78, 5) is 13.7. The van der Waals surface area contributed by atoms with Crippen molar-refractivity contribution in [1.82, 2.24) is 4.90 Å². The summed E-state index contributed by atoms with van der Waals surface area (Å²) in [7, 11) is 0. The summed E-state index contributed by atoms with van der Waals surface area (Å²) in [6.07, 6.45) is 2.65. The van der Waals surface area contributed by atoms with Crippen LogP contribution in [-0.4, -0.2) is 45.6 Å². The van der Waals surface area contributed by atoms with Crippen molar-refractivity contribution >= 4 is 17.7 Å². The van der Waals surface area contributed by atoms with Gasteiger partial charge in [-0.3, -0.25) is 4.79 Å². The van der Waals surface area contributed by atoms with Crippen LogP contribution in [0.5, 0.6) is 0 Å². The van der Waals surface area contributed by atoms with E-state index in [0.717, 1.165) is 6.42 Å². The Bertz CT molecular complexity index is 257. The summed E-state index contributed by atoms with van der Waals surface area (Å²) < 4.78 is 0. The topological polar surface area (TPSA) is 40.5 Å². The number of β-lactam (4-membered cyclic amide) rings is 1. The van der Waals surface area contributed by atoms with E-state index < -0.39 is 6.10 Å². The van der Waals surface area contributed by atoms with Gasteiger partial charge in [0.05, 0.1) is 12.0 Å². The third-order valence-electron chi connectivity index (χ3n) is 3.58. The molecule has 0 saturated carbocycles. The second-order valence-corrected chi connectivity index (χ2v) is 5.41. The number of fused-ring (bicyclic) bond motifs is 1. The Hall–Kier alpha value is -0.220. The fourth-order valence-electron chi connectivity index (χ4n) is 2.79. The monoisotopic (exact) mass is 215 g/mol. The Morgan fingerprint density at radius 1 is 1.64 bits per heavy atom. The molecular weight excluding hydrogens is 198 g/mol. The van der Waals surface area contributed by atoms with E-state index in [2.05, 4.69) is 13.2 Å². The lowest BCUT2D eigenvalue weighted by molar-refractivity contribution is -0.162. The lowest BCUT2D eigenvalue weighted by atomic mass is 9.84. The van der Waals surface area contributed by atoms with Crippen molar-refractivity contribution in [3.63, 3.8) is 0 Å². The Kier molecular flexibility index (Phi) is 2.52. The molecule has 0 aromatic carbocycles. The van der Waals surface area contributed by atoms with Crippen molar-refractivity contribution in [3.8, 4) is 0 Å². The number of carbonyl (C=O) groups excluding carboxylic acids is 1. The first-order valence-electron chi connectivity index (χ1n) is 5.11. The minimum atomic E-state index is -0.489. The van der Waals surface area contributed by atoms with Gasteiger partial charge in [-0.25, -0.2) is 0 Å². The van der Waals surface area contributed by atoms with E-state index in [9.17, 15) is 9.90 Å². The second kappa shape index (κ2) is 3.42. The fourth-order valence-corrected chi connectivity index (χ4v) is 3.70. The van der Waals surface area contributed by atoms with Crippen LogP contribution < -0.4 is 0 Å². The minimum absolute atomic E-state index is 0.130. The minimum Gasteiger partial charge on any atom is -0.393 e. The molecule has 0 spiro atoms. The highest BCUT2D eigenvalue weighted by atomic mass is 32.2. The Morgan fingerprint density at radius 2 is 2.29 bits per heavy atom. The molecule has 2 aliphatic heterocycles. The fraction of sp³-hybridized carbons (Fsp3) is 0.900. The maximum Gasteiger partial charge on any atom is 0.230 e. The normalized spacial score (nSPS) is 43.4. The molecule has 2 saturated heterocycles. The number of hydrogen-bond acceptors (Lipinski definition) is 3. The maximum absolute atomic E-state index is 11.7. The molecule has 2 heterocycles. The van der Waals surface area contributed by atoms with Gasteiger partial charge in [0.2, 0.25) is 5.91 Å². The van der Waals surface area contributed by atoms with Crippen molar-refractivity contribution in [2.45, 2.75) is 43.7 Å². The Labute approximate surface area is 88.9 Å². The van der Waals surface area contributed by atoms with E-state index in [4.69, 9.17) is 0 Å². The molecule has 3 nitrogen and oxygen atoms in total. The molecule has 0 aliphatic carbocycles. The van der Waals surface area contributed by atoms with E-state index in [1.807, 2.05) is 16.7 Å². The van der Waals surface area contributed by atoms with Crippen LogP contribution in [0.2, 0.25) is 0 Å². The molecule has 14 heavy (non-hydrogen) atoms. The zero-order chi connectivity index (χ0) is 10.5. The molecule has 2 fully saturated rings. The highest BCUT2D eigenvalue weighted by Crippen LogP contribution is 2.44. The average Bonchev–Trinajstić information content (AvgIpc) is 2.36. The third kappa shape index (κ3) is 1.20. The summed E-state index contributed by atoms with van der Waals surface area (Å²) in [5.41, 5.74) is 0. The summed E-state index contributed by atoms with van der Waals surface area (Å²) in [5, 5.41) is 10.0. The number of aliphatic hydroxyl groups excluding tert-OH is 1. The van der Waals surface area contributed by atoms with E-state index >= 15 is 0 Å². The zero-order valence-corrected chi connectivity index (χ0v) is 9.62. The van der Waals surface area contributed by atoms with Crippen LogP contribution in [0, 0.1) is 5.92 Å². The summed E-state index contributed by atoms with van der Waals surface area (Å²) >= 11 is 1.83. The zero-order valence-electron chi connectivity index (χ0n) is 8.80. The van der Waals surface area contributed by atoms with Crippen molar-refractivity contribution in [2.75, 3.05) is 6.26 Å². The molecule has 0 aromatic heterocycles. The number of carbonyl (C=O) groups is 1. The van der Waals surface area contributed by atoms with E-state index in [1.165, 1.54) is 0 Å². The molecule has 5 atom stereocenters. The quantitative estimate of drug-likeness (QED) is 0.690. The van der Waals surface area contributed by atoms with Crippen LogP contribution in [0.15, 0.2) is 0 Å². The predicted molar refractivity (Wildman–Crippen MR) is 57.2 cm³/mol. The van der Waals surface area contributed by atoms with Crippen molar-refractivity contribution in [3.05, 3.63) is 0 Å². The van der Waals surface area contributed by atoms with E-state index in [0.29, 0.717) is 17.3 Å². The third-order valence-corrected chi connectivity index (χ3v) is 4.78. The number of aliphatic hydroxyl groups is 1. The summed E-state index contributed by atoms with van der Waals surface area (Å²) in [6, 6.07) is 0.646. The predicted octanol–water partition coefficient (Wildman–Crippen LogP) is 0.718. The lowest BCUT2D eigenvalue weighted by Crippen LogP contribution is -2.63.